The van der Waals surface area contributed by atoms with Crippen molar-refractivity contribution in [1.82, 2.24) is 30.0 Å². The summed E-state index contributed by atoms with van der Waals surface area (Å²) in [4.78, 5) is 35.9. The molecule has 2 N–H and O–H groups in total. The molecular weight excluding hydrogens is 520 g/mol. The molecule has 0 aliphatic carbocycles. The highest BCUT2D eigenvalue weighted by Gasteiger charge is 2.30. The van der Waals surface area contributed by atoms with E-state index in [1.807, 2.05) is 61.7 Å². The molecule has 0 spiro atoms. The van der Waals surface area contributed by atoms with Crippen LogP contribution in [0.2, 0.25) is 0 Å². The van der Waals surface area contributed by atoms with Gasteiger partial charge in [-0.15, -0.1) is 0 Å². The number of rotatable bonds is 8. The molecule has 0 saturated carbocycles. The van der Waals surface area contributed by atoms with Gasteiger partial charge in [0.15, 0.2) is 0 Å². The Morgan fingerprint density at radius 2 is 1.90 bits per heavy atom. The van der Waals surface area contributed by atoms with Crippen LogP contribution in [-0.4, -0.2) is 49.7 Å². The van der Waals surface area contributed by atoms with Crippen LogP contribution < -0.4 is 10.6 Å². The van der Waals surface area contributed by atoms with Crippen molar-refractivity contribution in [3.05, 3.63) is 89.9 Å². The second kappa shape index (κ2) is 12.7. The lowest BCUT2D eigenvalue weighted by Crippen LogP contribution is -2.41. The molecular formula is C30H30N8O3. The number of aromatic nitrogens is 4. The van der Waals surface area contributed by atoms with Crippen LogP contribution in [0.25, 0.3) is 11.3 Å². The number of carbonyl (C=O) groups is 2. The molecule has 41 heavy (non-hydrogen) atoms. The summed E-state index contributed by atoms with van der Waals surface area (Å²) in [6.07, 6.45) is 7.31. The molecule has 208 valence electrons. The van der Waals surface area contributed by atoms with Gasteiger partial charge in [0.1, 0.15) is 19.3 Å². The molecule has 0 bridgehead atoms. The largest absolute Gasteiger partial charge is 0.444 e. The molecule has 5 rings (SSSR count). The van der Waals surface area contributed by atoms with E-state index < -0.39 is 0 Å². The minimum atomic E-state index is -0.358. The van der Waals surface area contributed by atoms with E-state index in [2.05, 4.69) is 20.7 Å². The second-order valence-electron chi connectivity index (χ2n) is 9.69. The number of nitrogens with one attached hydrogen (secondary N) is 2. The average Bonchev–Trinajstić information content (AvgIpc) is 3.48. The fourth-order valence-corrected chi connectivity index (χ4v) is 4.69. The van der Waals surface area contributed by atoms with Gasteiger partial charge >= 0.3 is 6.09 Å². The maximum atomic E-state index is 13.0. The third-order valence-electron chi connectivity index (χ3n) is 6.79. The van der Waals surface area contributed by atoms with Crippen molar-refractivity contribution in [3.63, 3.8) is 0 Å². The summed E-state index contributed by atoms with van der Waals surface area (Å²) >= 11 is 0. The highest BCUT2D eigenvalue weighted by Crippen LogP contribution is 2.28. The van der Waals surface area contributed by atoms with Crippen molar-refractivity contribution in [2.24, 2.45) is 0 Å². The second-order valence-corrected chi connectivity index (χ2v) is 9.69. The fourth-order valence-electron chi connectivity index (χ4n) is 4.69. The predicted octanol–water partition coefficient (Wildman–Crippen LogP) is 4.97. The number of ether oxygens (including phenoxy) is 1. The maximum Gasteiger partial charge on any atom is 0.411 e. The fraction of sp³-hybridized carbons (Fsp3) is 0.267. The summed E-state index contributed by atoms with van der Waals surface area (Å²) in [7, 11) is 0. The van der Waals surface area contributed by atoms with Crippen LogP contribution in [0, 0.1) is 18.3 Å². The number of likely N-dealkylation sites (tertiary alicyclic amines) is 1. The molecule has 11 heteroatoms. The van der Waals surface area contributed by atoms with Crippen LogP contribution in [0.1, 0.15) is 46.9 Å². The SMILES string of the molecule is Cc1cnc(Nc2cnn(C3CCCCN3C(=O)OCc3ccccc3)c2)nc1-c1ccc(C(=O)NCC#N)cc1. The van der Waals surface area contributed by atoms with Gasteiger partial charge in [-0.1, -0.05) is 42.5 Å². The Hall–Kier alpha value is -5.24. The summed E-state index contributed by atoms with van der Waals surface area (Å²) in [5.74, 6) is 0.0848. The van der Waals surface area contributed by atoms with E-state index >= 15 is 0 Å². The molecule has 3 heterocycles. The van der Waals surface area contributed by atoms with Crippen LogP contribution in [0.4, 0.5) is 16.4 Å². The summed E-state index contributed by atoms with van der Waals surface area (Å²) in [5.41, 5.74) is 4.51. The van der Waals surface area contributed by atoms with Crippen molar-refractivity contribution >= 4 is 23.6 Å². The zero-order chi connectivity index (χ0) is 28.6. The lowest BCUT2D eigenvalue weighted by molar-refractivity contribution is 0.0439. The van der Waals surface area contributed by atoms with E-state index in [4.69, 9.17) is 15.0 Å². The number of piperidine rings is 1. The Bertz CT molecular complexity index is 1550. The van der Waals surface area contributed by atoms with Crippen LogP contribution in [0.5, 0.6) is 0 Å². The van der Waals surface area contributed by atoms with Crippen molar-refractivity contribution in [1.29, 1.82) is 5.26 Å². The van der Waals surface area contributed by atoms with Crippen molar-refractivity contribution < 1.29 is 14.3 Å². The highest BCUT2D eigenvalue weighted by atomic mass is 16.6. The quantitative estimate of drug-likeness (QED) is 0.293. The third-order valence-corrected chi connectivity index (χ3v) is 6.79. The summed E-state index contributed by atoms with van der Waals surface area (Å²) < 4.78 is 7.38. The number of hydrogen-bond acceptors (Lipinski definition) is 8. The highest BCUT2D eigenvalue weighted by molar-refractivity contribution is 5.94. The van der Waals surface area contributed by atoms with E-state index in [9.17, 15) is 9.59 Å². The molecule has 2 aromatic heterocycles. The monoisotopic (exact) mass is 550 g/mol. The van der Waals surface area contributed by atoms with Crippen LogP contribution in [0.15, 0.2) is 73.2 Å². The van der Waals surface area contributed by atoms with Crippen molar-refractivity contribution in [2.45, 2.75) is 39.0 Å². The maximum absolute atomic E-state index is 13.0. The molecule has 11 nitrogen and oxygen atoms in total. The van der Waals surface area contributed by atoms with Gasteiger partial charge in [0, 0.05) is 23.9 Å². The van der Waals surface area contributed by atoms with Gasteiger partial charge in [0.25, 0.3) is 5.91 Å². The number of amides is 2. The topological polar surface area (TPSA) is 138 Å². The average molecular weight is 551 g/mol. The van der Waals surface area contributed by atoms with Crippen molar-refractivity contribution in [2.75, 3.05) is 18.4 Å². The number of aryl methyl sites for hydroxylation is 1. The van der Waals surface area contributed by atoms with Gasteiger partial charge in [-0.3, -0.25) is 9.69 Å². The van der Waals surface area contributed by atoms with Gasteiger partial charge in [-0.05, 0) is 49.4 Å². The van der Waals surface area contributed by atoms with Gasteiger partial charge in [0.2, 0.25) is 5.95 Å². The van der Waals surface area contributed by atoms with E-state index in [-0.39, 0.29) is 31.3 Å². The summed E-state index contributed by atoms with van der Waals surface area (Å²) in [5, 5.41) is 18.9. The minimum Gasteiger partial charge on any atom is -0.444 e. The number of benzene rings is 2. The first kappa shape index (κ1) is 27.3. The number of carbonyl (C=O) groups excluding carboxylic acids is 2. The summed E-state index contributed by atoms with van der Waals surface area (Å²) in [6, 6.07) is 18.5. The molecule has 1 fully saturated rings. The third kappa shape index (κ3) is 6.67. The van der Waals surface area contributed by atoms with Crippen LogP contribution in [-0.2, 0) is 11.3 Å². The number of anilines is 2. The van der Waals surface area contributed by atoms with Gasteiger partial charge in [0.05, 0.1) is 29.8 Å². The molecule has 2 amide bonds. The van der Waals surface area contributed by atoms with Crippen LogP contribution in [0.3, 0.4) is 0 Å². The molecule has 1 atom stereocenters. The Morgan fingerprint density at radius 3 is 2.68 bits per heavy atom. The predicted molar refractivity (Wildman–Crippen MR) is 152 cm³/mol. The van der Waals surface area contributed by atoms with Crippen LogP contribution >= 0.6 is 0 Å². The van der Waals surface area contributed by atoms with E-state index in [0.29, 0.717) is 23.7 Å². The van der Waals surface area contributed by atoms with E-state index in [1.54, 1.807) is 34.1 Å². The van der Waals surface area contributed by atoms with Gasteiger partial charge in [-0.25, -0.2) is 19.4 Å². The lowest BCUT2D eigenvalue weighted by Gasteiger charge is -2.34. The molecule has 1 aliphatic heterocycles. The molecule has 1 aliphatic rings. The minimum absolute atomic E-state index is 0.0473. The Labute approximate surface area is 237 Å². The number of nitrogens with zero attached hydrogens (tertiary/aromatic N) is 6. The number of nitriles is 1. The first-order valence-corrected chi connectivity index (χ1v) is 13.4. The lowest BCUT2D eigenvalue weighted by atomic mass is 10.1. The molecule has 0 radical (unpaired) electrons. The molecule has 4 aromatic rings. The molecule has 1 unspecified atom stereocenters. The number of hydrogen-bond donors (Lipinski definition) is 2. The first-order chi connectivity index (χ1) is 20.0. The zero-order valence-corrected chi connectivity index (χ0v) is 22.7. The Kier molecular flexibility index (Phi) is 8.49. The normalized spacial score (nSPS) is 14.6. The smallest absolute Gasteiger partial charge is 0.411 e. The standard InChI is InChI=1S/C30H30N8O3/c1-21-17-33-29(36-27(21)23-10-12-24(13-11-23)28(39)32-15-14-31)35-25-18-34-38(19-25)26-9-5-6-16-37(26)30(40)41-20-22-7-3-2-4-8-22/h2-4,7-8,10-13,17-19,26H,5-6,9,15-16,20H2,1H3,(H,32,39)(H,33,35,36). The first-order valence-electron chi connectivity index (χ1n) is 13.4. The van der Waals surface area contributed by atoms with Gasteiger partial charge < -0.3 is 15.4 Å². The van der Waals surface area contributed by atoms with E-state index in [0.717, 1.165) is 41.6 Å². The van der Waals surface area contributed by atoms with E-state index in [1.165, 1.54) is 0 Å². The molecule has 1 saturated heterocycles. The molecule has 2 aromatic carbocycles. The zero-order valence-electron chi connectivity index (χ0n) is 22.7. The Balaban J connectivity index is 1.26. The Morgan fingerprint density at radius 1 is 1.10 bits per heavy atom. The van der Waals surface area contributed by atoms with Crippen molar-refractivity contribution in [3.8, 4) is 17.3 Å². The summed E-state index contributed by atoms with van der Waals surface area (Å²) in [6.45, 7) is 2.69. The van der Waals surface area contributed by atoms with Gasteiger partial charge in [-0.2, -0.15) is 10.4 Å².